The third kappa shape index (κ3) is 4.08. The van der Waals surface area contributed by atoms with E-state index >= 15 is 0 Å². The number of nitrogens with one attached hydrogen (secondary N) is 1. The van der Waals surface area contributed by atoms with Crippen LogP contribution in [0.3, 0.4) is 0 Å². The maximum Gasteiger partial charge on any atom is 0.339 e. The number of para-hydroxylation sites is 1. The van der Waals surface area contributed by atoms with Crippen LogP contribution < -0.4 is 10.9 Å². The molecule has 4 aromatic rings. The van der Waals surface area contributed by atoms with Gasteiger partial charge in [-0.1, -0.05) is 29.8 Å². The predicted molar refractivity (Wildman–Crippen MR) is 131 cm³/mol. The zero-order valence-corrected chi connectivity index (χ0v) is 19.9. The summed E-state index contributed by atoms with van der Waals surface area (Å²) in [6.45, 7) is 5.28. The lowest BCUT2D eigenvalue weighted by atomic mass is 10.1. The normalized spacial score (nSPS) is 11.0. The molecule has 2 heterocycles. The van der Waals surface area contributed by atoms with Gasteiger partial charge in [-0.2, -0.15) is 5.10 Å². The highest BCUT2D eigenvalue weighted by Gasteiger charge is 2.21. The molecule has 4 rings (SSSR count). The Morgan fingerprint density at radius 2 is 1.82 bits per heavy atom. The van der Waals surface area contributed by atoms with Crippen molar-refractivity contribution < 1.29 is 14.3 Å². The number of amides is 1. The Hall–Kier alpha value is -3.91. The lowest BCUT2D eigenvalue weighted by Gasteiger charge is -2.15. The van der Waals surface area contributed by atoms with Crippen molar-refractivity contribution in [2.75, 3.05) is 12.4 Å². The molecule has 0 atom stereocenters. The highest BCUT2D eigenvalue weighted by molar-refractivity contribution is 6.31. The minimum atomic E-state index is -0.573. The molecule has 1 amide bonds. The number of esters is 1. The van der Waals surface area contributed by atoms with Gasteiger partial charge in [0.2, 0.25) is 5.91 Å². The number of aryl methyl sites for hydroxylation is 2. The van der Waals surface area contributed by atoms with Crippen molar-refractivity contribution in [3.8, 4) is 5.69 Å². The fourth-order valence-corrected chi connectivity index (χ4v) is 4.20. The lowest BCUT2D eigenvalue weighted by molar-refractivity contribution is -0.116. The standard InChI is InChI=1S/C25H23ClN4O4/c1-14-12-22(32)29(13-21(31)27-19-10-6-5-8-17(19)25(33)34-4)24-23(14)16(3)28-30(24)20-11-7-9-18(26)15(20)2/h5-12H,13H2,1-4H3,(H,27,31). The van der Waals surface area contributed by atoms with Crippen LogP contribution in [0.15, 0.2) is 53.3 Å². The summed E-state index contributed by atoms with van der Waals surface area (Å²) in [6.07, 6.45) is 0. The molecule has 2 aromatic heterocycles. The first-order valence-electron chi connectivity index (χ1n) is 10.6. The number of rotatable bonds is 5. The average molecular weight is 479 g/mol. The number of fused-ring (bicyclic) bond motifs is 1. The van der Waals surface area contributed by atoms with E-state index in [-0.39, 0.29) is 17.7 Å². The maximum atomic E-state index is 13.0. The van der Waals surface area contributed by atoms with Gasteiger partial charge >= 0.3 is 5.97 Å². The van der Waals surface area contributed by atoms with Crippen LogP contribution in [0, 0.1) is 20.8 Å². The Morgan fingerprint density at radius 1 is 1.09 bits per heavy atom. The molecule has 0 radical (unpaired) electrons. The van der Waals surface area contributed by atoms with E-state index in [1.807, 2.05) is 32.9 Å². The number of ether oxygens (including phenoxy) is 1. The Kier molecular flexibility index (Phi) is 6.26. The van der Waals surface area contributed by atoms with Crippen molar-refractivity contribution in [1.29, 1.82) is 0 Å². The van der Waals surface area contributed by atoms with E-state index in [9.17, 15) is 14.4 Å². The van der Waals surface area contributed by atoms with Crippen LogP contribution in [0.25, 0.3) is 16.7 Å². The number of anilines is 1. The summed E-state index contributed by atoms with van der Waals surface area (Å²) in [5.41, 5.74) is 3.65. The van der Waals surface area contributed by atoms with Crippen LogP contribution in [0.4, 0.5) is 5.69 Å². The van der Waals surface area contributed by atoms with Crippen LogP contribution in [-0.4, -0.2) is 33.3 Å². The summed E-state index contributed by atoms with van der Waals surface area (Å²) >= 11 is 6.34. The van der Waals surface area contributed by atoms with Gasteiger partial charge in [0, 0.05) is 16.5 Å². The van der Waals surface area contributed by atoms with Gasteiger partial charge in [-0.15, -0.1) is 0 Å². The number of methoxy groups -OCH3 is 1. The summed E-state index contributed by atoms with van der Waals surface area (Å²) in [5.74, 6) is -1.05. The third-order valence-corrected chi connectivity index (χ3v) is 6.08. The minimum Gasteiger partial charge on any atom is -0.465 e. The molecular weight excluding hydrogens is 456 g/mol. The van der Waals surface area contributed by atoms with Gasteiger partial charge in [0.1, 0.15) is 12.2 Å². The molecule has 2 aromatic carbocycles. The Labute approximate surface area is 200 Å². The molecule has 0 fully saturated rings. The fourth-order valence-electron chi connectivity index (χ4n) is 4.03. The van der Waals surface area contributed by atoms with Crippen LogP contribution in [0.2, 0.25) is 5.02 Å². The smallest absolute Gasteiger partial charge is 0.339 e. The quantitative estimate of drug-likeness (QED) is 0.434. The van der Waals surface area contributed by atoms with Crippen LogP contribution in [-0.2, 0) is 16.1 Å². The van der Waals surface area contributed by atoms with Crippen molar-refractivity contribution >= 4 is 40.2 Å². The largest absolute Gasteiger partial charge is 0.465 e. The first kappa shape index (κ1) is 23.3. The number of hydrogen-bond donors (Lipinski definition) is 1. The second kappa shape index (κ2) is 9.15. The van der Waals surface area contributed by atoms with E-state index in [0.29, 0.717) is 22.0 Å². The highest BCUT2D eigenvalue weighted by Crippen LogP contribution is 2.28. The number of benzene rings is 2. The van der Waals surface area contributed by atoms with E-state index in [0.717, 1.165) is 22.2 Å². The topological polar surface area (TPSA) is 95.2 Å². The van der Waals surface area contributed by atoms with E-state index in [4.69, 9.17) is 16.3 Å². The summed E-state index contributed by atoms with van der Waals surface area (Å²) in [5, 5.41) is 8.73. The molecule has 0 spiro atoms. The molecule has 0 bridgehead atoms. The summed E-state index contributed by atoms with van der Waals surface area (Å²) in [6, 6.07) is 13.5. The number of pyridine rings is 1. The van der Waals surface area contributed by atoms with Crippen molar-refractivity contribution in [1.82, 2.24) is 14.3 Å². The number of aromatic nitrogens is 3. The van der Waals surface area contributed by atoms with Crippen LogP contribution in [0.1, 0.15) is 27.2 Å². The first-order valence-corrected chi connectivity index (χ1v) is 10.9. The van der Waals surface area contributed by atoms with Gasteiger partial charge in [-0.05, 0) is 56.2 Å². The Balaban J connectivity index is 1.83. The van der Waals surface area contributed by atoms with E-state index < -0.39 is 11.9 Å². The minimum absolute atomic E-state index is 0.218. The van der Waals surface area contributed by atoms with Gasteiger partial charge in [0.05, 0.1) is 29.7 Å². The zero-order valence-electron chi connectivity index (χ0n) is 19.2. The zero-order chi connectivity index (χ0) is 24.6. The molecule has 0 saturated heterocycles. The molecule has 0 aliphatic carbocycles. The van der Waals surface area contributed by atoms with Crippen molar-refractivity contribution in [3.05, 3.63) is 86.3 Å². The molecule has 0 aliphatic rings. The molecular formula is C25H23ClN4O4. The molecule has 0 aliphatic heterocycles. The van der Waals surface area contributed by atoms with Crippen molar-refractivity contribution in [3.63, 3.8) is 0 Å². The molecule has 8 nitrogen and oxygen atoms in total. The molecule has 0 saturated carbocycles. The lowest BCUT2D eigenvalue weighted by Crippen LogP contribution is -2.29. The number of halogens is 1. The molecule has 0 unspecified atom stereocenters. The highest BCUT2D eigenvalue weighted by atomic mass is 35.5. The molecule has 9 heteroatoms. The fraction of sp³-hybridized carbons (Fsp3) is 0.200. The van der Waals surface area contributed by atoms with Crippen molar-refractivity contribution in [2.24, 2.45) is 0 Å². The van der Waals surface area contributed by atoms with Crippen molar-refractivity contribution in [2.45, 2.75) is 27.3 Å². The summed E-state index contributed by atoms with van der Waals surface area (Å²) in [7, 11) is 1.27. The van der Waals surface area contributed by atoms with Crippen LogP contribution in [0.5, 0.6) is 0 Å². The maximum absolute atomic E-state index is 13.0. The van der Waals surface area contributed by atoms with Gasteiger partial charge in [0.15, 0.2) is 0 Å². The molecule has 34 heavy (non-hydrogen) atoms. The van der Waals surface area contributed by atoms with E-state index in [1.54, 1.807) is 35.0 Å². The van der Waals surface area contributed by atoms with Gasteiger partial charge in [-0.3, -0.25) is 14.2 Å². The van der Waals surface area contributed by atoms with Gasteiger partial charge in [0.25, 0.3) is 5.56 Å². The number of hydrogen-bond acceptors (Lipinski definition) is 5. The summed E-state index contributed by atoms with van der Waals surface area (Å²) < 4.78 is 7.81. The van der Waals surface area contributed by atoms with Crippen LogP contribution >= 0.6 is 11.6 Å². The van der Waals surface area contributed by atoms with E-state index in [1.165, 1.54) is 17.7 Å². The second-order valence-electron chi connectivity index (χ2n) is 7.92. The third-order valence-electron chi connectivity index (χ3n) is 5.67. The molecule has 174 valence electrons. The monoisotopic (exact) mass is 478 g/mol. The number of nitrogens with zero attached hydrogens (tertiary/aromatic N) is 3. The SMILES string of the molecule is COC(=O)c1ccccc1NC(=O)Cn1c(=O)cc(C)c2c(C)nn(-c3cccc(Cl)c3C)c21. The van der Waals surface area contributed by atoms with Gasteiger partial charge in [-0.25, -0.2) is 9.48 Å². The Morgan fingerprint density at radius 3 is 2.56 bits per heavy atom. The molecule has 1 N–H and O–H groups in total. The number of carbonyl (C=O) groups excluding carboxylic acids is 2. The first-order chi connectivity index (χ1) is 16.2. The summed E-state index contributed by atoms with van der Waals surface area (Å²) in [4.78, 5) is 38.1. The van der Waals surface area contributed by atoms with E-state index in [2.05, 4.69) is 10.4 Å². The predicted octanol–water partition coefficient (Wildman–Crippen LogP) is 4.19. The second-order valence-corrected chi connectivity index (χ2v) is 8.32. The average Bonchev–Trinajstić information content (AvgIpc) is 3.15. The Bertz CT molecular complexity index is 1500. The van der Waals surface area contributed by atoms with Gasteiger partial charge < -0.3 is 10.1 Å². The number of carbonyl (C=O) groups is 2.